The summed E-state index contributed by atoms with van der Waals surface area (Å²) in [6, 6.07) is 14.8. The third-order valence-corrected chi connectivity index (χ3v) is 6.01. The number of carbonyl (C=O) groups is 1. The third-order valence-electron chi connectivity index (χ3n) is 4.29. The number of anilines is 1. The minimum absolute atomic E-state index is 0.242. The van der Waals surface area contributed by atoms with E-state index in [0.29, 0.717) is 33.0 Å². The molecule has 2 heterocycles. The number of aromatic nitrogens is 2. The molecule has 0 bridgehead atoms. The summed E-state index contributed by atoms with van der Waals surface area (Å²) in [5.41, 5.74) is 1.76. The maximum Gasteiger partial charge on any atom is 0.266 e. The van der Waals surface area contributed by atoms with E-state index in [2.05, 4.69) is 10.4 Å². The van der Waals surface area contributed by atoms with Gasteiger partial charge in [0.2, 0.25) is 0 Å². The van der Waals surface area contributed by atoms with Crippen molar-refractivity contribution in [2.75, 3.05) is 5.32 Å². The van der Waals surface area contributed by atoms with Gasteiger partial charge in [-0.2, -0.15) is 5.10 Å². The number of amides is 1. The molecule has 0 aliphatic heterocycles. The van der Waals surface area contributed by atoms with Gasteiger partial charge in [-0.25, -0.2) is 4.39 Å². The van der Waals surface area contributed by atoms with Crippen molar-refractivity contribution < 1.29 is 13.9 Å². The largest absolute Gasteiger partial charge is 0.489 e. The van der Waals surface area contributed by atoms with Gasteiger partial charge in [0.25, 0.3) is 5.91 Å². The molecule has 5 nitrogen and oxygen atoms in total. The van der Waals surface area contributed by atoms with Gasteiger partial charge in [-0.05, 0) is 41.3 Å². The number of hydrogen-bond acceptors (Lipinski definition) is 4. The van der Waals surface area contributed by atoms with Crippen molar-refractivity contribution in [1.82, 2.24) is 9.78 Å². The van der Waals surface area contributed by atoms with Crippen molar-refractivity contribution >= 4 is 46.3 Å². The standard InChI is InChI=1S/C22H16Cl2FN3O2S/c23-18-5-4-14(8-19(18)24)11-28-7-6-21(27-28)26-22(29)20-9-15(13-31-20)12-30-17-3-1-2-16(25)10-17/h1-10,13H,11-12H2,(H,26,27,29). The Kier molecular flexibility index (Phi) is 6.56. The van der Waals surface area contributed by atoms with Crippen LogP contribution in [0.2, 0.25) is 10.0 Å². The number of rotatable bonds is 7. The molecule has 4 aromatic rings. The van der Waals surface area contributed by atoms with Crippen LogP contribution >= 0.6 is 34.5 Å². The summed E-state index contributed by atoms with van der Waals surface area (Å²) in [6.07, 6.45) is 1.77. The zero-order valence-corrected chi connectivity index (χ0v) is 18.3. The molecule has 0 radical (unpaired) electrons. The van der Waals surface area contributed by atoms with Crippen LogP contribution in [0, 0.1) is 5.82 Å². The molecule has 31 heavy (non-hydrogen) atoms. The SMILES string of the molecule is O=C(Nc1ccn(Cc2ccc(Cl)c(Cl)c2)n1)c1cc(COc2cccc(F)c2)cs1. The van der Waals surface area contributed by atoms with Crippen molar-refractivity contribution in [3.05, 3.63) is 98.0 Å². The first-order valence-electron chi connectivity index (χ1n) is 9.21. The van der Waals surface area contributed by atoms with Gasteiger partial charge < -0.3 is 10.1 Å². The summed E-state index contributed by atoms with van der Waals surface area (Å²) in [6.45, 7) is 0.735. The van der Waals surface area contributed by atoms with E-state index in [1.165, 1.54) is 23.5 Å². The number of nitrogens with zero attached hydrogens (tertiary/aromatic N) is 2. The molecule has 0 spiro atoms. The first kappa shape index (κ1) is 21.4. The lowest BCUT2D eigenvalue weighted by Crippen LogP contribution is -2.11. The van der Waals surface area contributed by atoms with Gasteiger partial charge >= 0.3 is 0 Å². The van der Waals surface area contributed by atoms with Crippen LogP contribution < -0.4 is 10.1 Å². The smallest absolute Gasteiger partial charge is 0.266 e. The van der Waals surface area contributed by atoms with E-state index in [1.54, 1.807) is 47.3 Å². The lowest BCUT2D eigenvalue weighted by molar-refractivity contribution is 0.103. The summed E-state index contributed by atoms with van der Waals surface area (Å²) in [5, 5.41) is 9.96. The number of hydrogen-bond donors (Lipinski definition) is 1. The Bertz CT molecular complexity index is 1220. The fourth-order valence-electron chi connectivity index (χ4n) is 2.81. The maximum atomic E-state index is 13.2. The molecule has 0 aliphatic rings. The van der Waals surface area contributed by atoms with Gasteiger partial charge in [-0.15, -0.1) is 11.3 Å². The van der Waals surface area contributed by atoms with Gasteiger partial charge in [0, 0.05) is 23.9 Å². The Labute approximate surface area is 192 Å². The molecule has 158 valence electrons. The molecule has 4 rings (SSSR count). The molecule has 2 aromatic heterocycles. The summed E-state index contributed by atoms with van der Waals surface area (Å²) >= 11 is 13.3. The zero-order valence-electron chi connectivity index (χ0n) is 16.0. The molecule has 0 saturated carbocycles. The van der Waals surface area contributed by atoms with Crippen LogP contribution in [-0.4, -0.2) is 15.7 Å². The first-order chi connectivity index (χ1) is 15.0. The van der Waals surface area contributed by atoms with Crippen LogP contribution in [-0.2, 0) is 13.2 Å². The van der Waals surface area contributed by atoms with Gasteiger partial charge in [0.05, 0.1) is 21.5 Å². The molecular weight excluding hydrogens is 460 g/mol. The lowest BCUT2D eigenvalue weighted by Gasteiger charge is -2.04. The Morgan fingerprint density at radius 1 is 1.10 bits per heavy atom. The Hall–Kier alpha value is -2.87. The van der Waals surface area contributed by atoms with Crippen molar-refractivity contribution in [2.45, 2.75) is 13.2 Å². The van der Waals surface area contributed by atoms with E-state index >= 15 is 0 Å². The first-order valence-corrected chi connectivity index (χ1v) is 10.8. The fourth-order valence-corrected chi connectivity index (χ4v) is 3.93. The lowest BCUT2D eigenvalue weighted by atomic mass is 10.2. The van der Waals surface area contributed by atoms with Crippen LogP contribution in [0.4, 0.5) is 10.2 Å². The molecule has 0 unspecified atom stereocenters. The second kappa shape index (κ2) is 9.51. The van der Waals surface area contributed by atoms with Crippen molar-refractivity contribution in [3.63, 3.8) is 0 Å². The number of carbonyl (C=O) groups excluding carboxylic acids is 1. The average molecular weight is 476 g/mol. The average Bonchev–Trinajstić information content (AvgIpc) is 3.39. The number of nitrogens with one attached hydrogen (secondary N) is 1. The van der Waals surface area contributed by atoms with Gasteiger partial charge in [-0.1, -0.05) is 35.3 Å². The molecule has 2 aromatic carbocycles. The molecule has 0 fully saturated rings. The van der Waals surface area contributed by atoms with E-state index in [1.807, 2.05) is 11.4 Å². The van der Waals surface area contributed by atoms with Crippen LogP contribution in [0.5, 0.6) is 5.75 Å². The Balaban J connectivity index is 1.34. The number of ether oxygens (including phenoxy) is 1. The highest BCUT2D eigenvalue weighted by Crippen LogP contribution is 2.23. The van der Waals surface area contributed by atoms with E-state index in [-0.39, 0.29) is 18.3 Å². The highest BCUT2D eigenvalue weighted by Gasteiger charge is 2.12. The van der Waals surface area contributed by atoms with E-state index < -0.39 is 0 Å². The van der Waals surface area contributed by atoms with Gasteiger partial charge in [0.1, 0.15) is 18.2 Å². The van der Waals surface area contributed by atoms with Crippen LogP contribution in [0.3, 0.4) is 0 Å². The van der Waals surface area contributed by atoms with Gasteiger partial charge in [-0.3, -0.25) is 9.48 Å². The van der Waals surface area contributed by atoms with E-state index in [9.17, 15) is 9.18 Å². The predicted octanol–water partition coefficient (Wildman–Crippen LogP) is 6.27. The van der Waals surface area contributed by atoms with E-state index in [0.717, 1.165) is 11.1 Å². The highest BCUT2D eigenvalue weighted by molar-refractivity contribution is 7.12. The van der Waals surface area contributed by atoms with Crippen LogP contribution in [0.25, 0.3) is 0 Å². The minimum atomic E-state index is -0.360. The summed E-state index contributed by atoms with van der Waals surface area (Å²) in [5.74, 6) is 0.254. The predicted molar refractivity (Wildman–Crippen MR) is 121 cm³/mol. The van der Waals surface area contributed by atoms with Gasteiger partial charge in [0.15, 0.2) is 5.82 Å². The molecular formula is C22H16Cl2FN3O2S. The second-order valence-electron chi connectivity index (χ2n) is 6.67. The van der Waals surface area contributed by atoms with Crippen LogP contribution in [0.1, 0.15) is 20.8 Å². The second-order valence-corrected chi connectivity index (χ2v) is 8.39. The normalized spacial score (nSPS) is 10.8. The molecule has 1 N–H and O–H groups in total. The quantitative estimate of drug-likeness (QED) is 0.342. The highest BCUT2D eigenvalue weighted by atomic mass is 35.5. The Morgan fingerprint density at radius 3 is 2.77 bits per heavy atom. The summed E-state index contributed by atoms with van der Waals surface area (Å²) in [7, 11) is 0. The van der Waals surface area contributed by atoms with Crippen molar-refractivity contribution in [2.24, 2.45) is 0 Å². The van der Waals surface area contributed by atoms with Crippen LogP contribution in [0.15, 0.2) is 66.2 Å². The third kappa shape index (κ3) is 5.64. The van der Waals surface area contributed by atoms with Crippen molar-refractivity contribution in [1.29, 1.82) is 0 Å². The maximum absolute atomic E-state index is 13.2. The zero-order chi connectivity index (χ0) is 21.8. The number of thiophene rings is 1. The molecule has 0 atom stereocenters. The summed E-state index contributed by atoms with van der Waals surface area (Å²) < 4.78 is 20.5. The molecule has 0 aliphatic carbocycles. The number of benzene rings is 2. The van der Waals surface area contributed by atoms with E-state index in [4.69, 9.17) is 27.9 Å². The molecule has 1 amide bonds. The molecule has 9 heteroatoms. The summed E-state index contributed by atoms with van der Waals surface area (Å²) in [4.78, 5) is 13.0. The Morgan fingerprint density at radius 2 is 1.97 bits per heavy atom. The fraction of sp³-hybridized carbons (Fsp3) is 0.0909. The van der Waals surface area contributed by atoms with Crippen molar-refractivity contribution in [3.8, 4) is 5.75 Å². The monoisotopic (exact) mass is 475 g/mol. The topological polar surface area (TPSA) is 56.2 Å². The molecule has 0 saturated heterocycles. The number of halogens is 3. The minimum Gasteiger partial charge on any atom is -0.489 e.